The summed E-state index contributed by atoms with van der Waals surface area (Å²) in [6, 6.07) is 5.88. The molecule has 0 aliphatic carbocycles. The lowest BCUT2D eigenvalue weighted by atomic mass is 10.3. The van der Waals surface area contributed by atoms with Crippen molar-refractivity contribution < 1.29 is 4.74 Å². The number of rotatable bonds is 3. The van der Waals surface area contributed by atoms with Gasteiger partial charge in [-0.05, 0) is 19.1 Å². The standard InChI is InChI=1S/C11H15N3O/c1-8-13-10-4-3-9(15-6-5-12)7-11(10)14(8)2/h3-4,7H,5-6,12H2,1-2H3. The highest BCUT2D eigenvalue weighted by Gasteiger charge is 2.04. The summed E-state index contributed by atoms with van der Waals surface area (Å²) in [7, 11) is 2.00. The lowest BCUT2D eigenvalue weighted by Gasteiger charge is -2.04. The largest absolute Gasteiger partial charge is 0.492 e. The molecular formula is C11H15N3O. The summed E-state index contributed by atoms with van der Waals surface area (Å²) in [6.07, 6.45) is 0. The first-order chi connectivity index (χ1) is 7.22. The first-order valence-electron chi connectivity index (χ1n) is 4.98. The number of fused-ring (bicyclic) bond motifs is 1. The van der Waals surface area contributed by atoms with Gasteiger partial charge in [0, 0.05) is 19.7 Å². The summed E-state index contributed by atoms with van der Waals surface area (Å²) < 4.78 is 7.51. The van der Waals surface area contributed by atoms with Crippen LogP contribution in [0.5, 0.6) is 5.75 Å². The van der Waals surface area contributed by atoms with Crippen molar-refractivity contribution in [3.8, 4) is 5.75 Å². The van der Waals surface area contributed by atoms with Crippen LogP contribution >= 0.6 is 0 Å². The molecule has 15 heavy (non-hydrogen) atoms. The maximum atomic E-state index is 5.46. The lowest BCUT2D eigenvalue weighted by molar-refractivity contribution is 0.328. The van der Waals surface area contributed by atoms with Gasteiger partial charge in [0.25, 0.3) is 0 Å². The molecular weight excluding hydrogens is 190 g/mol. The van der Waals surface area contributed by atoms with E-state index in [1.807, 2.05) is 36.7 Å². The summed E-state index contributed by atoms with van der Waals surface area (Å²) in [4.78, 5) is 4.42. The van der Waals surface area contributed by atoms with Crippen LogP contribution in [-0.2, 0) is 7.05 Å². The molecule has 1 aromatic heterocycles. The van der Waals surface area contributed by atoms with Gasteiger partial charge >= 0.3 is 0 Å². The van der Waals surface area contributed by atoms with E-state index in [1.54, 1.807) is 0 Å². The van der Waals surface area contributed by atoms with Gasteiger partial charge in [-0.15, -0.1) is 0 Å². The fraction of sp³-hybridized carbons (Fsp3) is 0.364. The molecule has 4 nitrogen and oxygen atoms in total. The molecule has 0 saturated carbocycles. The fourth-order valence-corrected chi connectivity index (χ4v) is 1.56. The Morgan fingerprint density at radius 2 is 2.27 bits per heavy atom. The number of benzene rings is 1. The molecule has 1 heterocycles. The second-order valence-corrected chi connectivity index (χ2v) is 3.51. The fourth-order valence-electron chi connectivity index (χ4n) is 1.56. The molecule has 80 valence electrons. The molecule has 0 bridgehead atoms. The van der Waals surface area contributed by atoms with E-state index < -0.39 is 0 Å². The SMILES string of the molecule is Cc1nc2ccc(OCCN)cc2n1C. The van der Waals surface area contributed by atoms with Crippen LogP contribution in [0.15, 0.2) is 18.2 Å². The molecule has 2 N–H and O–H groups in total. The molecule has 0 aliphatic heterocycles. The van der Waals surface area contributed by atoms with Gasteiger partial charge in [0.1, 0.15) is 18.2 Å². The number of imidazole rings is 1. The predicted octanol–water partition coefficient (Wildman–Crippen LogP) is 1.22. The van der Waals surface area contributed by atoms with Crippen molar-refractivity contribution in [2.24, 2.45) is 12.8 Å². The van der Waals surface area contributed by atoms with E-state index in [0.717, 1.165) is 22.6 Å². The zero-order chi connectivity index (χ0) is 10.8. The highest BCUT2D eigenvalue weighted by atomic mass is 16.5. The smallest absolute Gasteiger partial charge is 0.121 e. The summed E-state index contributed by atoms with van der Waals surface area (Å²) in [5.41, 5.74) is 7.46. The first kappa shape index (κ1) is 9.98. The Morgan fingerprint density at radius 1 is 1.47 bits per heavy atom. The van der Waals surface area contributed by atoms with Crippen molar-refractivity contribution in [3.05, 3.63) is 24.0 Å². The average Bonchev–Trinajstić information content (AvgIpc) is 2.52. The molecule has 0 radical (unpaired) electrons. The second-order valence-electron chi connectivity index (χ2n) is 3.51. The molecule has 0 unspecified atom stereocenters. The van der Waals surface area contributed by atoms with Gasteiger partial charge in [-0.25, -0.2) is 4.98 Å². The number of aryl methyl sites for hydroxylation is 2. The minimum absolute atomic E-state index is 0.530. The van der Waals surface area contributed by atoms with Crippen LogP contribution in [0.2, 0.25) is 0 Å². The topological polar surface area (TPSA) is 53.1 Å². The van der Waals surface area contributed by atoms with E-state index in [0.29, 0.717) is 13.2 Å². The Kier molecular flexibility index (Phi) is 2.60. The Hall–Kier alpha value is -1.55. The molecule has 2 aromatic rings. The van der Waals surface area contributed by atoms with Crippen LogP contribution < -0.4 is 10.5 Å². The monoisotopic (exact) mass is 205 g/mol. The van der Waals surface area contributed by atoms with E-state index in [2.05, 4.69) is 4.98 Å². The summed E-state index contributed by atoms with van der Waals surface area (Å²) in [6.45, 7) is 3.06. The van der Waals surface area contributed by atoms with E-state index in [4.69, 9.17) is 10.5 Å². The predicted molar refractivity (Wildman–Crippen MR) is 60.0 cm³/mol. The van der Waals surface area contributed by atoms with Gasteiger partial charge in [0.2, 0.25) is 0 Å². The van der Waals surface area contributed by atoms with Crippen LogP contribution in [-0.4, -0.2) is 22.7 Å². The Bertz CT molecular complexity index is 476. The maximum absolute atomic E-state index is 5.46. The minimum atomic E-state index is 0.530. The molecule has 2 rings (SSSR count). The quantitative estimate of drug-likeness (QED) is 0.819. The van der Waals surface area contributed by atoms with Crippen molar-refractivity contribution in [1.82, 2.24) is 9.55 Å². The van der Waals surface area contributed by atoms with Crippen LogP contribution in [0.3, 0.4) is 0 Å². The number of hydrogen-bond donors (Lipinski definition) is 1. The van der Waals surface area contributed by atoms with Crippen molar-refractivity contribution in [2.75, 3.05) is 13.2 Å². The molecule has 0 spiro atoms. The van der Waals surface area contributed by atoms with Gasteiger partial charge in [-0.2, -0.15) is 0 Å². The third-order valence-electron chi connectivity index (χ3n) is 2.46. The zero-order valence-electron chi connectivity index (χ0n) is 9.03. The molecule has 0 atom stereocenters. The van der Waals surface area contributed by atoms with Crippen LogP contribution in [0, 0.1) is 6.92 Å². The third kappa shape index (κ3) is 1.80. The molecule has 0 aliphatic rings. The Labute approximate surface area is 88.7 Å². The molecule has 0 amide bonds. The second kappa shape index (κ2) is 3.90. The number of nitrogens with zero attached hydrogens (tertiary/aromatic N) is 2. The minimum Gasteiger partial charge on any atom is -0.492 e. The van der Waals surface area contributed by atoms with Crippen LogP contribution in [0.25, 0.3) is 11.0 Å². The summed E-state index contributed by atoms with van der Waals surface area (Å²) in [5.74, 6) is 1.84. The molecule has 0 fully saturated rings. The maximum Gasteiger partial charge on any atom is 0.121 e. The highest BCUT2D eigenvalue weighted by Crippen LogP contribution is 2.20. The van der Waals surface area contributed by atoms with Crippen molar-refractivity contribution in [1.29, 1.82) is 0 Å². The van der Waals surface area contributed by atoms with Gasteiger partial charge in [0.15, 0.2) is 0 Å². The number of nitrogens with two attached hydrogens (primary N) is 1. The average molecular weight is 205 g/mol. The van der Waals surface area contributed by atoms with Crippen molar-refractivity contribution in [3.63, 3.8) is 0 Å². The number of ether oxygens (including phenoxy) is 1. The first-order valence-corrected chi connectivity index (χ1v) is 4.98. The van der Waals surface area contributed by atoms with E-state index >= 15 is 0 Å². The van der Waals surface area contributed by atoms with E-state index in [9.17, 15) is 0 Å². The van der Waals surface area contributed by atoms with Crippen LogP contribution in [0.1, 0.15) is 5.82 Å². The van der Waals surface area contributed by atoms with Crippen LogP contribution in [0.4, 0.5) is 0 Å². The number of hydrogen-bond acceptors (Lipinski definition) is 3. The van der Waals surface area contributed by atoms with Gasteiger partial charge < -0.3 is 15.0 Å². The molecule has 1 aromatic carbocycles. The van der Waals surface area contributed by atoms with Gasteiger partial charge in [0.05, 0.1) is 11.0 Å². The lowest BCUT2D eigenvalue weighted by Crippen LogP contribution is -2.10. The van der Waals surface area contributed by atoms with Crippen molar-refractivity contribution in [2.45, 2.75) is 6.92 Å². The van der Waals surface area contributed by atoms with Gasteiger partial charge in [-0.1, -0.05) is 0 Å². The zero-order valence-corrected chi connectivity index (χ0v) is 9.03. The Morgan fingerprint density at radius 3 is 3.00 bits per heavy atom. The summed E-state index contributed by atoms with van der Waals surface area (Å²) in [5, 5.41) is 0. The van der Waals surface area contributed by atoms with E-state index in [1.165, 1.54) is 0 Å². The Balaban J connectivity index is 2.41. The van der Waals surface area contributed by atoms with Gasteiger partial charge in [-0.3, -0.25) is 0 Å². The molecule has 0 saturated heterocycles. The normalized spacial score (nSPS) is 10.9. The number of aromatic nitrogens is 2. The highest BCUT2D eigenvalue weighted by molar-refractivity contribution is 5.77. The summed E-state index contributed by atoms with van der Waals surface area (Å²) >= 11 is 0. The third-order valence-corrected chi connectivity index (χ3v) is 2.46. The molecule has 4 heteroatoms. The van der Waals surface area contributed by atoms with E-state index in [-0.39, 0.29) is 0 Å². The van der Waals surface area contributed by atoms with Crippen molar-refractivity contribution >= 4 is 11.0 Å².